The topological polar surface area (TPSA) is 38.8 Å². The van der Waals surface area contributed by atoms with Gasteiger partial charge in [-0.1, -0.05) is 19.1 Å². The molecule has 1 aliphatic heterocycles. The minimum atomic E-state index is -4.77. The number of halogens is 6. The first kappa shape index (κ1) is 29.7. The molecule has 3 aliphatic rings. The van der Waals surface area contributed by atoms with Crippen LogP contribution >= 0.6 is 0 Å². The maximum absolute atomic E-state index is 13.7. The number of carbonyl (C=O) groups is 1. The molecule has 0 N–H and O–H groups in total. The predicted octanol–water partition coefficient (Wildman–Crippen LogP) is 7.95. The first-order chi connectivity index (χ1) is 19.1. The van der Waals surface area contributed by atoms with Crippen LogP contribution in [0.3, 0.4) is 0 Å². The minimum Gasteiger partial charge on any atom is -0.487 e. The summed E-state index contributed by atoms with van der Waals surface area (Å²) in [6.45, 7) is 3.40. The molecule has 3 atom stereocenters. The lowest BCUT2D eigenvalue weighted by atomic mass is 9.69. The van der Waals surface area contributed by atoms with Gasteiger partial charge in [-0.05, 0) is 92.4 Å². The lowest BCUT2D eigenvalue weighted by Crippen LogP contribution is -2.58. The number of aryl methyl sites for hydroxylation is 1. The molecule has 5 rings (SSSR count). The molecule has 41 heavy (non-hydrogen) atoms. The third-order valence-electron chi connectivity index (χ3n) is 9.43. The predicted molar refractivity (Wildman–Crippen MR) is 140 cm³/mol. The molecule has 1 heterocycles. The van der Waals surface area contributed by atoms with Gasteiger partial charge in [0.1, 0.15) is 11.4 Å². The second kappa shape index (κ2) is 10.5. The lowest BCUT2D eigenvalue weighted by Gasteiger charge is -2.53. The Labute approximate surface area is 236 Å². The Morgan fingerprint density at radius 1 is 1.02 bits per heavy atom. The van der Waals surface area contributed by atoms with E-state index in [0.29, 0.717) is 37.0 Å². The van der Waals surface area contributed by atoms with Crippen molar-refractivity contribution in [2.24, 2.45) is 11.8 Å². The molecule has 0 radical (unpaired) electrons. The Balaban J connectivity index is 1.32. The minimum absolute atomic E-state index is 0.0330. The van der Waals surface area contributed by atoms with Gasteiger partial charge in [-0.2, -0.15) is 26.3 Å². The third kappa shape index (κ3) is 5.81. The van der Waals surface area contributed by atoms with E-state index in [1.165, 1.54) is 14.0 Å². The highest BCUT2D eigenvalue weighted by Gasteiger charge is 2.51. The van der Waals surface area contributed by atoms with Crippen molar-refractivity contribution in [3.8, 4) is 5.75 Å². The molecule has 2 aromatic carbocycles. The van der Waals surface area contributed by atoms with Crippen LogP contribution in [-0.2, 0) is 28.3 Å². The van der Waals surface area contributed by atoms with Crippen LogP contribution in [0.1, 0.15) is 85.7 Å². The summed E-state index contributed by atoms with van der Waals surface area (Å²) in [6.07, 6.45) is -4.75. The number of rotatable bonds is 7. The Kier molecular flexibility index (Phi) is 7.62. The molecule has 0 bridgehead atoms. The SMILES string of the molecule is COC(=O)[C@@H](C)[C@H](c1ccc2c(c1)OC1(CC2)CC(N(C)[C@H](C)c2cc(C(F)(F)F)ccc2C(F)(F)F)C1)C1CC1. The highest BCUT2D eigenvalue weighted by Crippen LogP contribution is 2.51. The average molecular weight is 584 g/mol. The number of nitrogens with zero attached hydrogens (tertiary/aromatic N) is 1. The molecule has 0 aromatic heterocycles. The lowest BCUT2D eigenvalue weighted by molar-refractivity contribution is -0.146. The number of hydrogen-bond acceptors (Lipinski definition) is 4. The Morgan fingerprint density at radius 2 is 1.71 bits per heavy atom. The maximum Gasteiger partial charge on any atom is 0.416 e. The summed E-state index contributed by atoms with van der Waals surface area (Å²) in [4.78, 5) is 14.1. The molecule has 1 spiro atoms. The van der Waals surface area contributed by atoms with E-state index < -0.39 is 35.1 Å². The highest BCUT2D eigenvalue weighted by atomic mass is 19.4. The van der Waals surface area contributed by atoms with Crippen LogP contribution in [0.4, 0.5) is 26.3 Å². The number of methoxy groups -OCH3 is 1. The van der Waals surface area contributed by atoms with Gasteiger partial charge in [-0.3, -0.25) is 9.69 Å². The molecular weight excluding hydrogens is 548 g/mol. The summed E-state index contributed by atoms with van der Waals surface area (Å²) < 4.78 is 92.8. The summed E-state index contributed by atoms with van der Waals surface area (Å²) >= 11 is 0. The van der Waals surface area contributed by atoms with Gasteiger partial charge < -0.3 is 9.47 Å². The fourth-order valence-corrected chi connectivity index (χ4v) is 6.74. The molecule has 10 heteroatoms. The molecule has 0 amide bonds. The van der Waals surface area contributed by atoms with E-state index >= 15 is 0 Å². The normalized spacial score (nSPS) is 24.7. The standard InChI is InChI=1S/C31H35F6NO3/c1-17(28(39)40-4)27(20-6-7-20)21-8-5-19-11-12-29(41-26(19)13-21)15-23(16-29)38(3)18(2)24-14-22(30(32,33)34)9-10-25(24)31(35,36)37/h5,8-10,13-14,17-18,20,23,27H,6-7,11-12,15-16H2,1-4H3/t17-,18+,23?,27-,29?/m0/s1. The third-order valence-corrected chi connectivity index (χ3v) is 9.43. The maximum atomic E-state index is 13.7. The molecule has 0 saturated heterocycles. The van der Waals surface area contributed by atoms with Crippen molar-refractivity contribution < 1.29 is 40.6 Å². The zero-order chi connectivity index (χ0) is 29.9. The van der Waals surface area contributed by atoms with Crippen molar-refractivity contribution in [2.75, 3.05) is 14.2 Å². The van der Waals surface area contributed by atoms with Crippen LogP contribution in [0, 0.1) is 11.8 Å². The van der Waals surface area contributed by atoms with Gasteiger partial charge in [0.25, 0.3) is 0 Å². The Hall–Kier alpha value is -2.75. The second-order valence-electron chi connectivity index (χ2n) is 12.0. The molecule has 2 aliphatic carbocycles. The van der Waals surface area contributed by atoms with Crippen LogP contribution in [-0.4, -0.2) is 36.7 Å². The van der Waals surface area contributed by atoms with Crippen molar-refractivity contribution in [2.45, 2.75) is 88.3 Å². The fraction of sp³-hybridized carbons (Fsp3) is 0.581. The van der Waals surface area contributed by atoms with E-state index in [9.17, 15) is 31.1 Å². The first-order valence-electron chi connectivity index (χ1n) is 14.0. The van der Waals surface area contributed by atoms with Crippen molar-refractivity contribution >= 4 is 5.97 Å². The van der Waals surface area contributed by atoms with Gasteiger partial charge in [0.2, 0.25) is 0 Å². The summed E-state index contributed by atoms with van der Waals surface area (Å²) in [5.41, 5.74) is -0.911. The van der Waals surface area contributed by atoms with Gasteiger partial charge in [-0.25, -0.2) is 0 Å². The number of esters is 1. The van der Waals surface area contributed by atoms with Crippen LogP contribution in [0.2, 0.25) is 0 Å². The highest BCUT2D eigenvalue weighted by molar-refractivity contribution is 5.73. The van der Waals surface area contributed by atoms with E-state index in [0.717, 1.165) is 42.6 Å². The zero-order valence-corrected chi connectivity index (χ0v) is 23.5. The summed E-state index contributed by atoms with van der Waals surface area (Å²) in [5, 5.41) is 0. The molecule has 4 nitrogen and oxygen atoms in total. The number of alkyl halides is 6. The van der Waals surface area contributed by atoms with Crippen molar-refractivity contribution in [1.82, 2.24) is 4.90 Å². The zero-order valence-electron chi connectivity index (χ0n) is 23.5. The van der Waals surface area contributed by atoms with Gasteiger partial charge in [0, 0.05) is 24.9 Å². The summed E-state index contributed by atoms with van der Waals surface area (Å²) in [5.74, 6) is 0.683. The van der Waals surface area contributed by atoms with Crippen molar-refractivity contribution in [3.05, 3.63) is 64.2 Å². The molecule has 224 valence electrons. The smallest absolute Gasteiger partial charge is 0.416 e. The fourth-order valence-electron chi connectivity index (χ4n) is 6.74. The first-order valence-corrected chi connectivity index (χ1v) is 14.0. The van der Waals surface area contributed by atoms with E-state index in [1.54, 1.807) is 11.9 Å². The van der Waals surface area contributed by atoms with Crippen LogP contribution in [0.15, 0.2) is 36.4 Å². The van der Waals surface area contributed by atoms with E-state index in [2.05, 4.69) is 6.07 Å². The van der Waals surface area contributed by atoms with Gasteiger partial charge >= 0.3 is 18.3 Å². The summed E-state index contributed by atoms with van der Waals surface area (Å²) in [6, 6.07) is 6.73. The molecule has 2 aromatic rings. The average Bonchev–Trinajstić information content (AvgIpc) is 3.73. The van der Waals surface area contributed by atoms with E-state index in [4.69, 9.17) is 9.47 Å². The molecular formula is C31H35F6NO3. The van der Waals surface area contributed by atoms with E-state index in [1.807, 2.05) is 19.1 Å². The van der Waals surface area contributed by atoms with Crippen molar-refractivity contribution in [1.29, 1.82) is 0 Å². The van der Waals surface area contributed by atoms with Gasteiger partial charge in [0.15, 0.2) is 0 Å². The van der Waals surface area contributed by atoms with Crippen LogP contribution in [0.5, 0.6) is 5.75 Å². The number of carbonyl (C=O) groups excluding carboxylic acids is 1. The Bertz CT molecular complexity index is 1300. The molecule has 2 saturated carbocycles. The molecule has 0 unspecified atom stereocenters. The second-order valence-corrected chi connectivity index (χ2v) is 12.0. The van der Waals surface area contributed by atoms with Crippen LogP contribution < -0.4 is 4.74 Å². The quantitative estimate of drug-likeness (QED) is 0.245. The summed E-state index contributed by atoms with van der Waals surface area (Å²) in [7, 11) is 3.05. The van der Waals surface area contributed by atoms with Gasteiger partial charge in [-0.15, -0.1) is 0 Å². The van der Waals surface area contributed by atoms with Crippen molar-refractivity contribution in [3.63, 3.8) is 0 Å². The monoisotopic (exact) mass is 583 g/mol. The molecule has 2 fully saturated rings. The number of fused-ring (bicyclic) bond motifs is 1. The number of benzene rings is 2. The Morgan fingerprint density at radius 3 is 2.29 bits per heavy atom. The number of hydrogen-bond donors (Lipinski definition) is 0. The van der Waals surface area contributed by atoms with E-state index in [-0.39, 0.29) is 29.4 Å². The largest absolute Gasteiger partial charge is 0.487 e. The van der Waals surface area contributed by atoms with Crippen LogP contribution in [0.25, 0.3) is 0 Å². The number of ether oxygens (including phenoxy) is 2. The van der Waals surface area contributed by atoms with Gasteiger partial charge in [0.05, 0.1) is 24.2 Å².